The van der Waals surface area contributed by atoms with E-state index in [-0.39, 0.29) is 19.5 Å². The number of nitrogens with one attached hydrogen (secondary N) is 1. The second kappa shape index (κ2) is 8.89. The van der Waals surface area contributed by atoms with Gasteiger partial charge in [-0.1, -0.05) is 0 Å². The molecule has 1 atom stereocenters. The molecule has 3 rings (SSSR count). The van der Waals surface area contributed by atoms with Crippen LogP contribution in [0.5, 0.6) is 0 Å². The Morgan fingerprint density at radius 2 is 2.00 bits per heavy atom. The van der Waals surface area contributed by atoms with Gasteiger partial charge in [0.05, 0.1) is 12.2 Å². The molecule has 0 spiro atoms. The maximum Gasteiger partial charge on any atom is 0.281 e. The predicted molar refractivity (Wildman–Crippen MR) is 121 cm³/mol. The first-order chi connectivity index (χ1) is 14.4. The standard InChI is InChI=1S/C18H25N3O6S4/c1-13-10-15(28-12-13)14-4-5-16(29-14)18(11-17(22)19-23)6-7-21(8-9-30(18,24)25)31(26,27)20(2)3/h4-5,10,12,23H,6-9,11H2,1-3H3,(H,19,22). The number of carbonyl (C=O) groups excluding carboxylic acids is 1. The molecular formula is C18H25N3O6S4. The summed E-state index contributed by atoms with van der Waals surface area (Å²) >= 11 is 2.81. The van der Waals surface area contributed by atoms with Crippen LogP contribution >= 0.6 is 22.7 Å². The van der Waals surface area contributed by atoms with Crippen molar-refractivity contribution < 1.29 is 26.8 Å². The molecule has 9 nitrogen and oxygen atoms in total. The van der Waals surface area contributed by atoms with Gasteiger partial charge in [0.25, 0.3) is 10.2 Å². The second-order valence-electron chi connectivity index (χ2n) is 7.62. The Kier molecular flexibility index (Phi) is 6.96. The van der Waals surface area contributed by atoms with Crippen LogP contribution in [0, 0.1) is 6.92 Å². The molecule has 1 unspecified atom stereocenters. The maximum absolute atomic E-state index is 13.5. The molecule has 2 aromatic rings. The van der Waals surface area contributed by atoms with E-state index in [2.05, 4.69) is 0 Å². The zero-order chi connectivity index (χ0) is 23.0. The van der Waals surface area contributed by atoms with Crippen LogP contribution in [0.3, 0.4) is 0 Å². The Hall–Kier alpha value is -1.35. The monoisotopic (exact) mass is 507 g/mol. The Morgan fingerprint density at radius 1 is 1.29 bits per heavy atom. The minimum Gasteiger partial charge on any atom is -0.289 e. The molecule has 2 aromatic heterocycles. The quantitative estimate of drug-likeness (QED) is 0.454. The summed E-state index contributed by atoms with van der Waals surface area (Å²) in [6, 6.07) is 5.51. The second-order valence-corrected chi connectivity index (χ2v) is 14.2. The van der Waals surface area contributed by atoms with Gasteiger partial charge in [0.1, 0.15) is 4.75 Å². The Labute approximate surface area is 190 Å². The highest BCUT2D eigenvalue weighted by Crippen LogP contribution is 2.46. The number of nitrogens with zero attached hydrogens (tertiary/aromatic N) is 2. The third-order valence-corrected chi connectivity index (χ3v) is 12.4. The Bertz CT molecular complexity index is 1170. The molecule has 1 saturated heterocycles. The van der Waals surface area contributed by atoms with E-state index in [1.54, 1.807) is 6.07 Å². The van der Waals surface area contributed by atoms with Gasteiger partial charge >= 0.3 is 0 Å². The zero-order valence-corrected chi connectivity index (χ0v) is 20.6. The molecule has 0 saturated carbocycles. The van der Waals surface area contributed by atoms with E-state index < -0.39 is 42.9 Å². The number of hydrogen-bond acceptors (Lipinski definition) is 8. The highest BCUT2D eigenvalue weighted by atomic mass is 32.2. The van der Waals surface area contributed by atoms with Crippen molar-refractivity contribution in [2.24, 2.45) is 0 Å². The maximum atomic E-state index is 13.5. The van der Waals surface area contributed by atoms with Crippen LogP contribution in [0.1, 0.15) is 23.3 Å². The highest BCUT2D eigenvalue weighted by molar-refractivity contribution is 7.92. The van der Waals surface area contributed by atoms with Gasteiger partial charge < -0.3 is 0 Å². The SMILES string of the molecule is Cc1csc(-c2ccc(C3(CC(=O)NO)CCN(S(=O)(=O)N(C)C)CCS3(=O)=O)s2)c1. The van der Waals surface area contributed by atoms with Crippen molar-refractivity contribution in [1.29, 1.82) is 0 Å². The normalized spacial score (nSPS) is 22.4. The summed E-state index contributed by atoms with van der Waals surface area (Å²) in [4.78, 5) is 14.5. The molecule has 31 heavy (non-hydrogen) atoms. The summed E-state index contributed by atoms with van der Waals surface area (Å²) in [5.74, 6) is -1.26. The predicted octanol–water partition coefficient (Wildman–Crippen LogP) is 1.80. The van der Waals surface area contributed by atoms with Crippen LogP contribution in [-0.2, 0) is 29.6 Å². The lowest BCUT2D eigenvalue weighted by Crippen LogP contribution is -2.42. The van der Waals surface area contributed by atoms with Crippen LogP contribution in [0.2, 0.25) is 0 Å². The first kappa shape index (κ1) is 24.3. The summed E-state index contributed by atoms with van der Waals surface area (Å²) in [6.07, 6.45) is -0.593. The van der Waals surface area contributed by atoms with Crippen LogP contribution in [0.25, 0.3) is 9.75 Å². The summed E-state index contributed by atoms with van der Waals surface area (Å²) in [7, 11) is -4.99. The number of carbonyl (C=O) groups is 1. The number of rotatable bonds is 6. The minimum atomic E-state index is -3.95. The average molecular weight is 508 g/mol. The highest BCUT2D eigenvalue weighted by Gasteiger charge is 2.50. The third kappa shape index (κ3) is 4.58. The van der Waals surface area contributed by atoms with Gasteiger partial charge in [-0.2, -0.15) is 17.0 Å². The molecule has 2 N–H and O–H groups in total. The first-order valence-electron chi connectivity index (χ1n) is 9.41. The van der Waals surface area contributed by atoms with E-state index in [0.29, 0.717) is 4.88 Å². The third-order valence-electron chi connectivity index (χ3n) is 5.36. The molecule has 13 heteroatoms. The largest absolute Gasteiger partial charge is 0.289 e. The zero-order valence-electron chi connectivity index (χ0n) is 17.4. The molecule has 0 aromatic carbocycles. The van der Waals surface area contributed by atoms with Gasteiger partial charge in [-0.05, 0) is 42.5 Å². The van der Waals surface area contributed by atoms with Crippen molar-refractivity contribution in [1.82, 2.24) is 14.1 Å². The van der Waals surface area contributed by atoms with Crippen molar-refractivity contribution in [3.63, 3.8) is 0 Å². The van der Waals surface area contributed by atoms with Crippen LogP contribution in [-0.4, -0.2) is 69.5 Å². The molecule has 1 aliphatic heterocycles. The Morgan fingerprint density at radius 3 is 2.58 bits per heavy atom. The van der Waals surface area contributed by atoms with Crippen molar-refractivity contribution in [2.45, 2.75) is 24.5 Å². The number of thiophene rings is 2. The van der Waals surface area contributed by atoms with Crippen molar-refractivity contribution in [3.05, 3.63) is 34.0 Å². The number of hydrogen-bond donors (Lipinski definition) is 2. The van der Waals surface area contributed by atoms with Gasteiger partial charge in [0.15, 0.2) is 9.84 Å². The van der Waals surface area contributed by atoms with E-state index in [0.717, 1.165) is 23.9 Å². The number of sulfone groups is 1. The molecule has 1 aliphatic rings. The van der Waals surface area contributed by atoms with Crippen molar-refractivity contribution in [2.75, 3.05) is 32.9 Å². The number of amides is 1. The van der Waals surface area contributed by atoms with Crippen LogP contribution in [0.15, 0.2) is 23.6 Å². The summed E-state index contributed by atoms with van der Waals surface area (Å²) in [5.41, 5.74) is 2.62. The Balaban J connectivity index is 2.09. The fraction of sp³-hybridized carbons (Fsp3) is 0.500. The number of aryl methyl sites for hydroxylation is 1. The molecule has 0 bridgehead atoms. The average Bonchev–Trinajstić information content (AvgIpc) is 3.32. The summed E-state index contributed by atoms with van der Waals surface area (Å²) < 4.78 is 52.7. The number of hydroxylamine groups is 1. The fourth-order valence-electron chi connectivity index (χ4n) is 3.59. The molecule has 172 valence electrons. The smallest absolute Gasteiger partial charge is 0.281 e. The van der Waals surface area contributed by atoms with E-state index in [1.807, 2.05) is 24.4 Å². The first-order valence-corrected chi connectivity index (χ1v) is 14.2. The molecule has 0 aliphatic carbocycles. The van der Waals surface area contributed by atoms with Crippen molar-refractivity contribution >= 4 is 48.6 Å². The van der Waals surface area contributed by atoms with Gasteiger partial charge in [-0.25, -0.2) is 13.9 Å². The lowest BCUT2D eigenvalue weighted by Gasteiger charge is -2.30. The van der Waals surface area contributed by atoms with Gasteiger partial charge in [0, 0.05) is 41.8 Å². The molecule has 1 amide bonds. The van der Waals surface area contributed by atoms with E-state index in [1.165, 1.54) is 42.2 Å². The molecular weight excluding hydrogens is 482 g/mol. The topological polar surface area (TPSA) is 124 Å². The van der Waals surface area contributed by atoms with E-state index in [9.17, 15) is 21.6 Å². The molecule has 0 radical (unpaired) electrons. The van der Waals surface area contributed by atoms with Gasteiger partial charge in [-0.15, -0.1) is 22.7 Å². The van der Waals surface area contributed by atoms with Gasteiger partial charge in [-0.3, -0.25) is 10.0 Å². The van der Waals surface area contributed by atoms with E-state index >= 15 is 0 Å². The molecule has 1 fully saturated rings. The van der Waals surface area contributed by atoms with Gasteiger partial charge in [0.2, 0.25) is 5.91 Å². The summed E-state index contributed by atoms with van der Waals surface area (Å²) in [5, 5.41) is 11.1. The van der Waals surface area contributed by atoms with Crippen molar-refractivity contribution in [3.8, 4) is 9.75 Å². The minimum absolute atomic E-state index is 0.0657. The van der Waals surface area contributed by atoms with E-state index in [4.69, 9.17) is 5.21 Å². The lowest BCUT2D eigenvalue weighted by molar-refractivity contribution is -0.129. The molecule has 3 heterocycles. The van der Waals surface area contributed by atoms with Crippen LogP contribution < -0.4 is 5.48 Å². The fourth-order valence-corrected chi connectivity index (χ4v) is 9.41. The summed E-state index contributed by atoms with van der Waals surface area (Å²) in [6.45, 7) is 1.70. The lowest BCUT2D eigenvalue weighted by atomic mass is 9.97. The van der Waals surface area contributed by atoms with Crippen LogP contribution in [0.4, 0.5) is 0 Å².